The van der Waals surface area contributed by atoms with Gasteiger partial charge in [0.15, 0.2) is 0 Å². The third kappa shape index (κ3) is 7.05. The lowest BCUT2D eigenvalue weighted by Crippen LogP contribution is -2.35. The Morgan fingerprint density at radius 1 is 1.64 bits per heavy atom. The van der Waals surface area contributed by atoms with Crippen LogP contribution in [0.4, 0.5) is 0 Å². The zero-order chi connectivity index (χ0) is 10.8. The fourth-order valence-electron chi connectivity index (χ4n) is 0.583. The summed E-state index contributed by atoms with van der Waals surface area (Å²) in [4.78, 5) is 20.3. The fraction of sp³-hybridized carbons (Fsp3) is 0.714. The van der Waals surface area contributed by atoms with Crippen molar-refractivity contribution in [3.63, 3.8) is 0 Å². The Morgan fingerprint density at radius 2 is 2.36 bits per heavy atom. The zero-order valence-corrected chi connectivity index (χ0v) is 9.40. The molecule has 0 aliphatic heterocycles. The molecule has 0 unspecified atom stereocenters. The first kappa shape index (κ1) is 13.6. The lowest BCUT2D eigenvalue weighted by molar-refractivity contribution is -0.138. The third-order valence-electron chi connectivity index (χ3n) is 1.32. The summed E-state index contributed by atoms with van der Waals surface area (Å²) < 4.78 is 4.47. The number of nitrogens with one attached hydrogen (secondary N) is 1. The van der Waals surface area contributed by atoms with Crippen molar-refractivity contribution >= 4 is 34.0 Å². The molecule has 0 radical (unpaired) electrons. The molecule has 0 aliphatic carbocycles. The maximum Gasteiger partial charge on any atom is 0.321 e. The average Bonchev–Trinajstić information content (AvgIpc) is 2.16. The monoisotopic (exact) mass is 239 g/mol. The fourth-order valence-corrected chi connectivity index (χ4v) is 2.66. The van der Waals surface area contributed by atoms with E-state index in [1.165, 1.54) is 21.6 Å². The number of rotatable bonds is 9. The zero-order valence-electron chi connectivity index (χ0n) is 7.76. The summed E-state index contributed by atoms with van der Waals surface area (Å²) in [5, 5.41) is 11.3. The molecule has 5 nitrogen and oxygen atoms in total. The van der Waals surface area contributed by atoms with Crippen molar-refractivity contribution in [1.82, 2.24) is 5.32 Å². The maximum absolute atomic E-state index is 10.5. The van der Waals surface area contributed by atoms with E-state index in [0.717, 1.165) is 0 Å². The highest BCUT2D eigenvalue weighted by Crippen LogP contribution is 2.21. The van der Waals surface area contributed by atoms with Gasteiger partial charge in [-0.1, -0.05) is 21.6 Å². The van der Waals surface area contributed by atoms with E-state index < -0.39 is 12.0 Å². The van der Waals surface area contributed by atoms with Crippen LogP contribution >= 0.6 is 21.6 Å². The van der Waals surface area contributed by atoms with Crippen molar-refractivity contribution in [2.75, 3.05) is 25.2 Å². The second kappa shape index (κ2) is 9.17. The molecule has 82 valence electrons. The Bertz CT molecular complexity index is 179. The van der Waals surface area contributed by atoms with Crippen LogP contribution in [0.1, 0.15) is 0 Å². The number of likely N-dealkylation sites (N-methyl/N-ethyl adjacent to an activating group) is 1. The van der Waals surface area contributed by atoms with Gasteiger partial charge in [0.1, 0.15) is 12.6 Å². The second-order valence-corrected chi connectivity index (χ2v) is 4.88. The van der Waals surface area contributed by atoms with E-state index in [0.29, 0.717) is 24.6 Å². The van der Waals surface area contributed by atoms with Gasteiger partial charge >= 0.3 is 5.97 Å². The van der Waals surface area contributed by atoms with Crippen LogP contribution < -0.4 is 5.32 Å². The molecule has 0 spiro atoms. The van der Waals surface area contributed by atoms with E-state index in [9.17, 15) is 9.59 Å². The minimum atomic E-state index is -0.857. The van der Waals surface area contributed by atoms with Gasteiger partial charge in [-0.15, -0.1) is 0 Å². The predicted octanol–water partition coefficient (Wildman–Crippen LogP) is 0.213. The molecule has 0 amide bonds. The Balaban J connectivity index is 3.33. The molecule has 0 saturated carbocycles. The summed E-state index contributed by atoms with van der Waals surface area (Å²) in [6.45, 7) is 0.761. The van der Waals surface area contributed by atoms with Crippen molar-refractivity contribution in [2.45, 2.75) is 6.04 Å². The van der Waals surface area contributed by atoms with E-state index in [2.05, 4.69) is 10.1 Å². The third-order valence-corrected chi connectivity index (χ3v) is 3.69. The normalized spacial score (nSPS) is 12.1. The summed E-state index contributed by atoms with van der Waals surface area (Å²) in [5.41, 5.74) is 0. The van der Waals surface area contributed by atoms with Crippen LogP contribution in [0.15, 0.2) is 0 Å². The molecule has 1 atom stereocenters. The first-order chi connectivity index (χ1) is 6.72. The maximum atomic E-state index is 10.5. The molecule has 0 rings (SSSR count). The Morgan fingerprint density at radius 3 is 2.86 bits per heavy atom. The Kier molecular flexibility index (Phi) is 8.90. The van der Waals surface area contributed by atoms with E-state index in [4.69, 9.17) is 5.11 Å². The standard InChI is InChI=1S/C7H13NO4S2/c1-8-6(7(10)11)4-14-13-3-2-12-5-9/h5-6,8H,2-4H2,1H3,(H,10,11)/t6-/m0/s1. The number of hydrogen-bond donors (Lipinski definition) is 2. The molecule has 0 aromatic heterocycles. The molecule has 0 heterocycles. The number of ether oxygens (including phenoxy) is 1. The molecule has 7 heteroatoms. The molecular formula is C7H13NO4S2. The number of carboxylic acids is 1. The van der Waals surface area contributed by atoms with Gasteiger partial charge in [-0.2, -0.15) is 0 Å². The van der Waals surface area contributed by atoms with E-state index in [-0.39, 0.29) is 0 Å². The van der Waals surface area contributed by atoms with Gasteiger partial charge < -0.3 is 15.2 Å². The van der Waals surface area contributed by atoms with Gasteiger partial charge in [0.25, 0.3) is 6.47 Å². The molecule has 0 aromatic rings. The number of carbonyl (C=O) groups is 2. The highest BCUT2D eigenvalue weighted by molar-refractivity contribution is 8.76. The van der Waals surface area contributed by atoms with Crippen LogP contribution in [0.5, 0.6) is 0 Å². The molecule has 0 saturated heterocycles. The summed E-state index contributed by atoms with van der Waals surface area (Å²) in [6.07, 6.45) is 0. The van der Waals surface area contributed by atoms with Crippen LogP contribution in [-0.2, 0) is 14.3 Å². The topological polar surface area (TPSA) is 75.6 Å². The Labute approximate surface area is 90.4 Å². The molecule has 0 fully saturated rings. The van der Waals surface area contributed by atoms with Crippen LogP contribution in [0.25, 0.3) is 0 Å². The van der Waals surface area contributed by atoms with Crippen LogP contribution in [-0.4, -0.2) is 48.8 Å². The second-order valence-electron chi connectivity index (χ2n) is 2.25. The van der Waals surface area contributed by atoms with Gasteiger partial charge in [-0.25, -0.2) is 0 Å². The van der Waals surface area contributed by atoms with Gasteiger partial charge in [0, 0.05) is 11.5 Å². The highest BCUT2D eigenvalue weighted by atomic mass is 33.1. The SMILES string of the molecule is CN[C@@H](CSSCCOC=O)C(=O)O. The van der Waals surface area contributed by atoms with Crippen molar-refractivity contribution < 1.29 is 19.4 Å². The van der Waals surface area contributed by atoms with Crippen molar-refractivity contribution in [3.8, 4) is 0 Å². The minimum Gasteiger partial charge on any atom is -0.480 e. The van der Waals surface area contributed by atoms with Crippen molar-refractivity contribution in [1.29, 1.82) is 0 Å². The molecule has 0 aromatic carbocycles. The number of hydrogen-bond acceptors (Lipinski definition) is 6. The first-order valence-electron chi connectivity index (χ1n) is 3.92. The molecular weight excluding hydrogens is 226 g/mol. The van der Waals surface area contributed by atoms with E-state index >= 15 is 0 Å². The average molecular weight is 239 g/mol. The first-order valence-corrected chi connectivity index (χ1v) is 6.41. The molecule has 0 aliphatic rings. The summed E-state index contributed by atoms with van der Waals surface area (Å²) in [6, 6.07) is -0.528. The smallest absolute Gasteiger partial charge is 0.321 e. The van der Waals surface area contributed by atoms with Gasteiger partial charge in [0.2, 0.25) is 0 Å². The number of carboxylic acid groups (broad SMARTS) is 1. The van der Waals surface area contributed by atoms with Crippen molar-refractivity contribution in [2.24, 2.45) is 0 Å². The van der Waals surface area contributed by atoms with Crippen LogP contribution in [0.3, 0.4) is 0 Å². The quantitative estimate of drug-likeness (QED) is 0.338. The number of carbonyl (C=O) groups excluding carboxylic acids is 1. The molecule has 14 heavy (non-hydrogen) atoms. The van der Waals surface area contributed by atoms with Crippen molar-refractivity contribution in [3.05, 3.63) is 0 Å². The van der Waals surface area contributed by atoms with Gasteiger partial charge in [-0.3, -0.25) is 9.59 Å². The van der Waals surface area contributed by atoms with Gasteiger partial charge in [0.05, 0.1) is 0 Å². The summed E-state index contributed by atoms with van der Waals surface area (Å²) >= 11 is 0. The summed E-state index contributed by atoms with van der Waals surface area (Å²) in [5.74, 6) is 0.293. The van der Waals surface area contributed by atoms with E-state index in [1.54, 1.807) is 7.05 Å². The number of aliphatic carboxylic acids is 1. The Hall–Kier alpha value is -0.400. The highest BCUT2D eigenvalue weighted by Gasteiger charge is 2.14. The summed E-state index contributed by atoms with van der Waals surface area (Å²) in [7, 11) is 4.54. The molecule has 2 N–H and O–H groups in total. The van der Waals surface area contributed by atoms with Crippen LogP contribution in [0.2, 0.25) is 0 Å². The largest absolute Gasteiger partial charge is 0.480 e. The predicted molar refractivity (Wildman–Crippen MR) is 57.4 cm³/mol. The van der Waals surface area contributed by atoms with Gasteiger partial charge in [-0.05, 0) is 7.05 Å². The van der Waals surface area contributed by atoms with E-state index in [1.807, 2.05) is 0 Å². The minimum absolute atomic E-state index is 0.360. The van der Waals surface area contributed by atoms with Crippen LogP contribution in [0, 0.1) is 0 Å². The lowest BCUT2D eigenvalue weighted by Gasteiger charge is -2.09. The lowest BCUT2D eigenvalue weighted by atomic mass is 10.3. The molecule has 0 bridgehead atoms.